The van der Waals surface area contributed by atoms with Crippen molar-refractivity contribution >= 4 is 11.6 Å². The summed E-state index contributed by atoms with van der Waals surface area (Å²) in [6, 6.07) is 7.75. The van der Waals surface area contributed by atoms with Crippen LogP contribution < -0.4 is 0 Å². The first-order chi connectivity index (χ1) is 12.0. The van der Waals surface area contributed by atoms with Gasteiger partial charge < -0.3 is 4.57 Å². The van der Waals surface area contributed by atoms with Crippen LogP contribution in [-0.2, 0) is 7.05 Å². The molecule has 25 heavy (non-hydrogen) atoms. The Kier molecular flexibility index (Phi) is 4.52. The normalized spacial score (nSPS) is 10.0. The van der Waals surface area contributed by atoms with E-state index >= 15 is 0 Å². The van der Waals surface area contributed by atoms with Crippen molar-refractivity contribution in [2.45, 2.75) is 13.8 Å². The van der Waals surface area contributed by atoms with Gasteiger partial charge in [-0.15, -0.1) is 0 Å². The topological polar surface area (TPSA) is 67.4 Å². The fourth-order valence-corrected chi connectivity index (χ4v) is 2.55. The van der Waals surface area contributed by atoms with E-state index < -0.39 is 0 Å². The minimum Gasteiger partial charge on any atom is -0.319 e. The summed E-state index contributed by atoms with van der Waals surface area (Å²) in [7, 11) is 1.83. The first-order valence-corrected chi connectivity index (χ1v) is 7.92. The molecule has 0 N–H and O–H groups in total. The van der Waals surface area contributed by atoms with E-state index in [0.29, 0.717) is 22.4 Å². The molecule has 0 unspecified atom stereocenters. The molecule has 0 aromatic carbocycles. The van der Waals surface area contributed by atoms with Crippen LogP contribution in [0, 0.1) is 37.0 Å². The lowest BCUT2D eigenvalue weighted by Crippen LogP contribution is -1.97. The highest BCUT2D eigenvalue weighted by molar-refractivity contribution is 6.30. The molecule has 0 amide bonds. The summed E-state index contributed by atoms with van der Waals surface area (Å²) in [5, 5.41) is 9.84. The predicted octanol–water partition coefficient (Wildman–Crippen LogP) is 3.42. The summed E-state index contributed by atoms with van der Waals surface area (Å²) in [6.45, 7) is 3.78. The third-order valence-corrected chi connectivity index (χ3v) is 4.22. The molecule has 0 saturated carbocycles. The number of nitriles is 1. The molecule has 3 heterocycles. The van der Waals surface area contributed by atoms with Crippen molar-refractivity contribution in [2.24, 2.45) is 7.05 Å². The Bertz CT molecular complexity index is 1050. The zero-order valence-corrected chi connectivity index (χ0v) is 14.8. The Hall–Kier alpha value is -3.15. The summed E-state index contributed by atoms with van der Waals surface area (Å²) in [5.74, 6) is 6.57. The minimum atomic E-state index is 0.321. The molecular weight excluding hydrogens is 334 g/mol. The molecular formula is C19H14ClN5. The van der Waals surface area contributed by atoms with Crippen LogP contribution >= 0.6 is 11.6 Å². The van der Waals surface area contributed by atoms with E-state index in [0.717, 1.165) is 22.4 Å². The molecule has 3 aromatic rings. The highest BCUT2D eigenvalue weighted by Crippen LogP contribution is 2.23. The van der Waals surface area contributed by atoms with Gasteiger partial charge in [0, 0.05) is 41.8 Å². The van der Waals surface area contributed by atoms with Crippen LogP contribution in [0.25, 0.3) is 11.3 Å². The molecule has 0 fully saturated rings. The molecule has 3 aromatic heterocycles. The minimum absolute atomic E-state index is 0.321. The Morgan fingerprint density at radius 1 is 1.12 bits per heavy atom. The van der Waals surface area contributed by atoms with Crippen LogP contribution in [0.15, 0.2) is 30.6 Å². The fourth-order valence-electron chi connectivity index (χ4n) is 2.40. The number of nitrogens with zero attached hydrogens (tertiary/aromatic N) is 5. The molecule has 3 rings (SSSR count). The monoisotopic (exact) mass is 347 g/mol. The molecule has 0 saturated heterocycles. The van der Waals surface area contributed by atoms with Gasteiger partial charge in [-0.05, 0) is 38.0 Å². The van der Waals surface area contributed by atoms with Crippen LogP contribution in [0.2, 0.25) is 5.15 Å². The number of aromatic nitrogens is 4. The van der Waals surface area contributed by atoms with E-state index in [1.807, 2.05) is 33.0 Å². The highest BCUT2D eigenvalue weighted by Gasteiger charge is 2.15. The van der Waals surface area contributed by atoms with Gasteiger partial charge in [0.1, 0.15) is 11.2 Å². The number of rotatable bonds is 1. The number of halogens is 1. The number of aryl methyl sites for hydroxylation is 1. The third kappa shape index (κ3) is 3.24. The Labute approximate surface area is 151 Å². The van der Waals surface area contributed by atoms with E-state index in [4.69, 9.17) is 11.6 Å². The maximum atomic E-state index is 9.42. The molecule has 0 aliphatic heterocycles. The van der Waals surface area contributed by atoms with E-state index in [1.165, 1.54) is 0 Å². The maximum absolute atomic E-state index is 9.42. The lowest BCUT2D eigenvalue weighted by Gasteiger charge is -2.04. The fraction of sp³-hybridized carbons (Fsp3) is 0.158. The standard InChI is InChI=1S/C19H14ClN5/c1-12-4-5-15(11-23-12)18-16(10-21)24-17(25(18)3)7-6-14-8-9-22-19(20)13(14)2/h4-5,8-9,11H,1-3H3. The van der Waals surface area contributed by atoms with Gasteiger partial charge in [-0.2, -0.15) is 5.26 Å². The second kappa shape index (κ2) is 6.76. The maximum Gasteiger partial charge on any atom is 0.187 e. The largest absolute Gasteiger partial charge is 0.319 e. The quantitative estimate of drug-likeness (QED) is 0.499. The smallest absolute Gasteiger partial charge is 0.187 e. The molecule has 5 nitrogen and oxygen atoms in total. The average molecular weight is 348 g/mol. The van der Waals surface area contributed by atoms with Crippen molar-refractivity contribution in [2.75, 3.05) is 0 Å². The summed E-state index contributed by atoms with van der Waals surface area (Å²) >= 11 is 6.02. The van der Waals surface area contributed by atoms with Gasteiger partial charge in [0.25, 0.3) is 0 Å². The van der Waals surface area contributed by atoms with Gasteiger partial charge in [-0.25, -0.2) is 9.97 Å². The molecule has 0 bridgehead atoms. The van der Waals surface area contributed by atoms with Crippen LogP contribution in [0.3, 0.4) is 0 Å². The third-order valence-electron chi connectivity index (χ3n) is 3.84. The van der Waals surface area contributed by atoms with E-state index in [-0.39, 0.29) is 0 Å². The second-order valence-electron chi connectivity index (χ2n) is 5.52. The van der Waals surface area contributed by atoms with Crippen molar-refractivity contribution in [3.05, 3.63) is 64.1 Å². The Morgan fingerprint density at radius 2 is 1.92 bits per heavy atom. The molecule has 0 aliphatic rings. The summed E-state index contributed by atoms with van der Waals surface area (Å²) in [5.41, 5.74) is 4.35. The van der Waals surface area contributed by atoms with E-state index in [9.17, 15) is 5.26 Å². The van der Waals surface area contributed by atoms with Crippen molar-refractivity contribution < 1.29 is 0 Å². The first kappa shape index (κ1) is 16.7. The van der Waals surface area contributed by atoms with E-state index in [1.54, 1.807) is 23.0 Å². The molecule has 6 heteroatoms. The van der Waals surface area contributed by atoms with Crippen molar-refractivity contribution in [3.63, 3.8) is 0 Å². The lowest BCUT2D eigenvalue weighted by atomic mass is 10.1. The summed E-state index contributed by atoms with van der Waals surface area (Å²) in [6.07, 6.45) is 3.35. The van der Waals surface area contributed by atoms with Gasteiger partial charge in [0.2, 0.25) is 0 Å². The summed E-state index contributed by atoms with van der Waals surface area (Å²) in [4.78, 5) is 12.7. The highest BCUT2D eigenvalue weighted by atomic mass is 35.5. The van der Waals surface area contributed by atoms with Gasteiger partial charge in [0.15, 0.2) is 11.5 Å². The average Bonchev–Trinajstić information content (AvgIpc) is 2.93. The number of pyridine rings is 2. The molecule has 0 aliphatic carbocycles. The van der Waals surface area contributed by atoms with E-state index in [2.05, 4.69) is 32.9 Å². The van der Waals surface area contributed by atoms with Gasteiger partial charge in [-0.3, -0.25) is 4.98 Å². The Morgan fingerprint density at radius 3 is 2.60 bits per heavy atom. The van der Waals surface area contributed by atoms with Crippen LogP contribution in [0.5, 0.6) is 0 Å². The summed E-state index contributed by atoms with van der Waals surface area (Å²) < 4.78 is 1.80. The molecule has 0 atom stereocenters. The zero-order chi connectivity index (χ0) is 18.0. The lowest BCUT2D eigenvalue weighted by molar-refractivity contribution is 0.900. The van der Waals surface area contributed by atoms with Gasteiger partial charge >= 0.3 is 0 Å². The van der Waals surface area contributed by atoms with Gasteiger partial charge in [-0.1, -0.05) is 17.5 Å². The van der Waals surface area contributed by atoms with Gasteiger partial charge in [0.05, 0.1) is 5.69 Å². The molecule has 0 radical (unpaired) electrons. The zero-order valence-electron chi connectivity index (χ0n) is 14.0. The number of hydrogen-bond acceptors (Lipinski definition) is 4. The number of hydrogen-bond donors (Lipinski definition) is 0. The SMILES string of the molecule is Cc1ccc(-c2c(C#N)nc(C#Cc3ccnc(Cl)c3C)n2C)cn1. The second-order valence-corrected chi connectivity index (χ2v) is 5.87. The van der Waals surface area contributed by atoms with Crippen LogP contribution in [0.4, 0.5) is 0 Å². The van der Waals surface area contributed by atoms with Crippen LogP contribution in [-0.4, -0.2) is 19.5 Å². The molecule has 122 valence electrons. The van der Waals surface area contributed by atoms with Crippen molar-refractivity contribution in [1.29, 1.82) is 5.26 Å². The first-order valence-electron chi connectivity index (χ1n) is 7.54. The number of imidazole rings is 1. The van der Waals surface area contributed by atoms with Crippen molar-refractivity contribution in [3.8, 4) is 29.2 Å². The van der Waals surface area contributed by atoms with Crippen LogP contribution in [0.1, 0.15) is 28.3 Å². The van der Waals surface area contributed by atoms with Crippen molar-refractivity contribution in [1.82, 2.24) is 19.5 Å². The molecule has 0 spiro atoms. The Balaban J connectivity index is 2.08. The predicted molar refractivity (Wildman–Crippen MR) is 95.9 cm³/mol.